The number of aromatic nitrogens is 2. The number of ether oxygens (including phenoxy) is 1. The Hall–Kier alpha value is -2.15. The van der Waals surface area contributed by atoms with Gasteiger partial charge in [-0.05, 0) is 58.8 Å². The van der Waals surface area contributed by atoms with Gasteiger partial charge in [0.1, 0.15) is 16.9 Å². The first-order valence-electron chi connectivity index (χ1n) is 8.04. The van der Waals surface area contributed by atoms with Gasteiger partial charge in [-0.3, -0.25) is 9.36 Å². The lowest BCUT2D eigenvalue weighted by Gasteiger charge is -2.23. The molecule has 3 rings (SSSR count). The minimum absolute atomic E-state index is 0.166. The van der Waals surface area contributed by atoms with Crippen LogP contribution in [0.4, 0.5) is 4.39 Å². The lowest BCUT2D eigenvalue weighted by atomic mass is 10.1. The summed E-state index contributed by atoms with van der Waals surface area (Å²) in [4.78, 5) is 24.1. The molecule has 6 nitrogen and oxygen atoms in total. The predicted octanol–water partition coefficient (Wildman–Crippen LogP) is 2.35. The van der Waals surface area contributed by atoms with Gasteiger partial charge in [0, 0.05) is 6.04 Å². The van der Waals surface area contributed by atoms with Crippen LogP contribution in [-0.2, 0) is 9.53 Å². The molecule has 0 spiro atoms. The Morgan fingerprint density at radius 1 is 1.29 bits per heavy atom. The van der Waals surface area contributed by atoms with Crippen molar-refractivity contribution in [2.45, 2.75) is 45.3 Å². The first-order chi connectivity index (χ1) is 11.3. The average Bonchev–Trinajstić information content (AvgIpc) is 2.85. The van der Waals surface area contributed by atoms with Gasteiger partial charge >= 0.3 is 5.69 Å². The maximum absolute atomic E-state index is 13.6. The molecule has 0 amide bonds. The third-order valence-corrected chi connectivity index (χ3v) is 3.78. The summed E-state index contributed by atoms with van der Waals surface area (Å²) < 4.78 is 19.8. The highest BCUT2D eigenvalue weighted by atomic mass is 19.1. The van der Waals surface area contributed by atoms with Crippen LogP contribution in [0.5, 0.6) is 0 Å². The lowest BCUT2D eigenvalue weighted by Crippen LogP contribution is -2.33. The highest BCUT2D eigenvalue weighted by molar-refractivity contribution is 5.75. The van der Waals surface area contributed by atoms with Crippen molar-refractivity contribution in [2.75, 3.05) is 13.1 Å². The van der Waals surface area contributed by atoms with E-state index in [4.69, 9.17) is 0 Å². The van der Waals surface area contributed by atoms with Crippen LogP contribution >= 0.6 is 0 Å². The van der Waals surface area contributed by atoms with E-state index in [1.807, 2.05) is 20.8 Å². The zero-order valence-electron chi connectivity index (χ0n) is 14.3. The standard InChI is InChI=1S/C12H14FN3O.C5H10O2/c13-9-2-1-3-10-11(9)15-12(17)16(10)8-4-6-14-7-5-8;1-5(2,3)7-4-6/h1-3,8,14H,4-7H2,(H,15,17);4H,1-3H3. The van der Waals surface area contributed by atoms with Crippen molar-refractivity contribution >= 4 is 17.5 Å². The third-order valence-electron chi connectivity index (χ3n) is 3.78. The van der Waals surface area contributed by atoms with Crippen LogP contribution in [0.2, 0.25) is 0 Å². The molecule has 7 heteroatoms. The van der Waals surface area contributed by atoms with Gasteiger partial charge in [0.25, 0.3) is 6.47 Å². The number of carbonyl (C=O) groups is 1. The molecule has 1 aromatic carbocycles. The Morgan fingerprint density at radius 2 is 1.96 bits per heavy atom. The SMILES string of the molecule is CC(C)(C)OC=O.O=c1[nH]c2c(F)cccc2n1C1CCNCC1. The average molecular weight is 337 g/mol. The van der Waals surface area contributed by atoms with Crippen LogP contribution in [0.1, 0.15) is 39.7 Å². The highest BCUT2D eigenvalue weighted by Gasteiger charge is 2.20. The number of imidazole rings is 1. The molecule has 0 atom stereocenters. The number of rotatable bonds is 2. The number of benzene rings is 1. The van der Waals surface area contributed by atoms with E-state index in [2.05, 4.69) is 15.0 Å². The highest BCUT2D eigenvalue weighted by Crippen LogP contribution is 2.22. The van der Waals surface area contributed by atoms with E-state index >= 15 is 0 Å². The van der Waals surface area contributed by atoms with Gasteiger partial charge in [-0.2, -0.15) is 0 Å². The summed E-state index contributed by atoms with van der Waals surface area (Å²) in [7, 11) is 0. The van der Waals surface area contributed by atoms with Gasteiger partial charge in [-0.1, -0.05) is 6.07 Å². The van der Waals surface area contributed by atoms with Crippen LogP contribution in [0, 0.1) is 5.82 Å². The summed E-state index contributed by atoms with van der Waals surface area (Å²) >= 11 is 0. The Balaban J connectivity index is 0.000000256. The monoisotopic (exact) mass is 337 g/mol. The molecule has 0 saturated carbocycles. The van der Waals surface area contributed by atoms with E-state index in [0.717, 1.165) is 25.9 Å². The van der Waals surface area contributed by atoms with Gasteiger partial charge in [0.2, 0.25) is 0 Å². The number of H-pyrrole nitrogens is 1. The number of piperidine rings is 1. The van der Waals surface area contributed by atoms with Crippen molar-refractivity contribution in [3.8, 4) is 0 Å². The molecular formula is C17H24FN3O3. The van der Waals surface area contributed by atoms with Crippen molar-refractivity contribution in [2.24, 2.45) is 0 Å². The normalized spacial score (nSPS) is 15.7. The van der Waals surface area contributed by atoms with Crippen LogP contribution in [0.3, 0.4) is 0 Å². The zero-order chi connectivity index (χ0) is 17.7. The van der Waals surface area contributed by atoms with Crippen LogP contribution in [0.15, 0.2) is 23.0 Å². The number of para-hydroxylation sites is 1. The van der Waals surface area contributed by atoms with Crippen LogP contribution < -0.4 is 11.0 Å². The van der Waals surface area contributed by atoms with E-state index in [1.54, 1.807) is 16.7 Å². The van der Waals surface area contributed by atoms with Gasteiger partial charge in [-0.25, -0.2) is 9.18 Å². The number of nitrogens with zero attached hydrogens (tertiary/aromatic N) is 1. The number of halogens is 1. The fourth-order valence-electron chi connectivity index (χ4n) is 2.69. The first-order valence-corrected chi connectivity index (χ1v) is 8.04. The molecule has 2 heterocycles. The number of carbonyl (C=O) groups excluding carboxylic acids is 1. The van der Waals surface area contributed by atoms with Crippen molar-refractivity contribution in [1.29, 1.82) is 0 Å². The minimum atomic E-state index is -0.368. The van der Waals surface area contributed by atoms with Crippen molar-refractivity contribution < 1.29 is 13.9 Å². The molecule has 0 unspecified atom stereocenters. The zero-order valence-corrected chi connectivity index (χ0v) is 14.3. The van der Waals surface area contributed by atoms with E-state index in [-0.39, 0.29) is 23.1 Å². The molecule has 24 heavy (non-hydrogen) atoms. The fourth-order valence-corrected chi connectivity index (χ4v) is 2.69. The summed E-state index contributed by atoms with van der Waals surface area (Å²) in [6.45, 7) is 7.72. The Kier molecular flexibility index (Phi) is 5.77. The first kappa shape index (κ1) is 18.2. The lowest BCUT2D eigenvalue weighted by molar-refractivity contribution is -0.138. The Bertz CT molecular complexity index is 740. The number of nitrogens with one attached hydrogen (secondary N) is 2. The molecular weight excluding hydrogens is 313 g/mol. The quantitative estimate of drug-likeness (QED) is 0.825. The fraction of sp³-hybridized carbons (Fsp3) is 0.529. The molecule has 0 bridgehead atoms. The molecule has 2 aromatic rings. The largest absolute Gasteiger partial charge is 0.462 e. The summed E-state index contributed by atoms with van der Waals surface area (Å²) in [5.74, 6) is -0.368. The molecule has 2 N–H and O–H groups in total. The third kappa shape index (κ3) is 4.44. The minimum Gasteiger partial charge on any atom is -0.462 e. The molecule has 0 radical (unpaired) electrons. The topological polar surface area (TPSA) is 76.1 Å². The van der Waals surface area contributed by atoms with E-state index in [9.17, 15) is 14.0 Å². The summed E-state index contributed by atoms with van der Waals surface area (Å²) in [6, 6.07) is 4.96. The summed E-state index contributed by atoms with van der Waals surface area (Å²) in [6.07, 6.45) is 1.81. The van der Waals surface area contributed by atoms with Crippen molar-refractivity contribution in [3.63, 3.8) is 0 Å². The van der Waals surface area contributed by atoms with E-state index in [0.29, 0.717) is 17.5 Å². The molecule has 1 fully saturated rings. The van der Waals surface area contributed by atoms with Gasteiger partial charge in [0.05, 0.1) is 5.52 Å². The van der Waals surface area contributed by atoms with Crippen molar-refractivity contribution in [3.05, 3.63) is 34.5 Å². The summed E-state index contributed by atoms with van der Waals surface area (Å²) in [5, 5.41) is 3.26. The molecule has 132 valence electrons. The predicted molar refractivity (Wildman–Crippen MR) is 90.6 cm³/mol. The Labute approximate surface area is 140 Å². The molecule has 1 aromatic heterocycles. The van der Waals surface area contributed by atoms with Crippen LogP contribution in [-0.4, -0.2) is 34.7 Å². The second-order valence-corrected chi connectivity index (χ2v) is 6.74. The maximum atomic E-state index is 13.6. The number of hydrogen-bond acceptors (Lipinski definition) is 4. The number of fused-ring (bicyclic) bond motifs is 1. The second-order valence-electron chi connectivity index (χ2n) is 6.74. The maximum Gasteiger partial charge on any atom is 0.326 e. The second kappa shape index (κ2) is 7.61. The smallest absolute Gasteiger partial charge is 0.326 e. The molecule has 0 aliphatic carbocycles. The molecule has 1 aliphatic heterocycles. The van der Waals surface area contributed by atoms with Crippen molar-refractivity contribution in [1.82, 2.24) is 14.9 Å². The molecule has 1 saturated heterocycles. The van der Waals surface area contributed by atoms with Gasteiger partial charge in [-0.15, -0.1) is 0 Å². The molecule has 1 aliphatic rings. The van der Waals surface area contributed by atoms with E-state index < -0.39 is 0 Å². The number of aromatic amines is 1. The van der Waals surface area contributed by atoms with E-state index in [1.165, 1.54) is 6.07 Å². The number of hydrogen-bond donors (Lipinski definition) is 2. The Morgan fingerprint density at radius 3 is 2.50 bits per heavy atom. The summed E-state index contributed by atoms with van der Waals surface area (Å²) in [5.41, 5.74) is 0.455. The van der Waals surface area contributed by atoms with Gasteiger partial charge in [0.15, 0.2) is 0 Å². The van der Waals surface area contributed by atoms with Crippen LogP contribution in [0.25, 0.3) is 11.0 Å². The van der Waals surface area contributed by atoms with Gasteiger partial charge < -0.3 is 15.0 Å².